The predicted molar refractivity (Wildman–Crippen MR) is 132 cm³/mol. The Labute approximate surface area is 197 Å². The number of nitrogens with one attached hydrogen (secondary N) is 3. The highest BCUT2D eigenvalue weighted by Gasteiger charge is 2.12. The van der Waals surface area contributed by atoms with Gasteiger partial charge in [0, 0.05) is 41.4 Å². The zero-order valence-electron chi connectivity index (χ0n) is 19.2. The molecule has 4 aromatic rings. The van der Waals surface area contributed by atoms with E-state index in [0.29, 0.717) is 28.6 Å². The van der Waals surface area contributed by atoms with Crippen molar-refractivity contribution in [3.05, 3.63) is 83.9 Å². The summed E-state index contributed by atoms with van der Waals surface area (Å²) in [5.41, 5.74) is 3.21. The van der Waals surface area contributed by atoms with E-state index >= 15 is 0 Å². The van der Waals surface area contributed by atoms with Gasteiger partial charge in [-0.25, -0.2) is 19.3 Å². The number of aromatic nitrogens is 4. The Kier molecular flexibility index (Phi) is 6.82. The van der Waals surface area contributed by atoms with Gasteiger partial charge >= 0.3 is 0 Å². The number of imidazole rings is 1. The minimum atomic E-state index is -0.617. The van der Waals surface area contributed by atoms with Crippen molar-refractivity contribution in [2.24, 2.45) is 0 Å². The standard InChI is InChI=1S/C25H26FN7O/c1-16(2)30-22-13-23(29-15-28-22)33-10-9-27-25(33)32-21-12-20(8-7-17(21)3)31-24(34)19-6-4-5-18(11-19)14-26/h4-13,15-16H,14H2,1-3H3,(H,27,32)(H,31,34)(H,28,29,30). The molecule has 2 aromatic carbocycles. The van der Waals surface area contributed by atoms with Crippen LogP contribution in [-0.2, 0) is 6.67 Å². The van der Waals surface area contributed by atoms with Gasteiger partial charge in [-0.05, 0) is 56.2 Å². The lowest BCUT2D eigenvalue weighted by molar-refractivity contribution is 0.102. The molecule has 0 spiro atoms. The molecule has 0 fully saturated rings. The summed E-state index contributed by atoms with van der Waals surface area (Å²) in [6.45, 7) is 5.42. The summed E-state index contributed by atoms with van der Waals surface area (Å²) in [7, 11) is 0. The number of carbonyl (C=O) groups excluding carboxylic acids is 1. The average Bonchev–Trinajstić information content (AvgIpc) is 3.29. The summed E-state index contributed by atoms with van der Waals surface area (Å²) in [4.78, 5) is 25.7. The van der Waals surface area contributed by atoms with Crippen LogP contribution in [0.4, 0.5) is 27.5 Å². The van der Waals surface area contributed by atoms with Crippen LogP contribution in [0.15, 0.2) is 67.3 Å². The van der Waals surface area contributed by atoms with Crippen molar-refractivity contribution in [1.82, 2.24) is 19.5 Å². The van der Waals surface area contributed by atoms with Crippen molar-refractivity contribution in [2.45, 2.75) is 33.5 Å². The van der Waals surface area contributed by atoms with E-state index in [1.807, 2.05) is 55.8 Å². The maximum absolute atomic E-state index is 12.9. The van der Waals surface area contributed by atoms with Gasteiger partial charge in [0.05, 0.1) is 0 Å². The molecule has 8 nitrogen and oxygen atoms in total. The van der Waals surface area contributed by atoms with Crippen LogP contribution in [0.25, 0.3) is 5.82 Å². The first-order chi connectivity index (χ1) is 16.4. The Balaban J connectivity index is 1.55. The maximum atomic E-state index is 12.9. The van der Waals surface area contributed by atoms with Crippen molar-refractivity contribution < 1.29 is 9.18 Å². The SMILES string of the molecule is Cc1ccc(NC(=O)c2cccc(CF)c2)cc1Nc1nccn1-c1cc(NC(C)C)ncn1. The summed E-state index contributed by atoms with van der Waals surface area (Å²) in [5.74, 6) is 1.64. The molecule has 0 atom stereocenters. The first-order valence-electron chi connectivity index (χ1n) is 10.9. The number of anilines is 4. The van der Waals surface area contributed by atoms with E-state index in [4.69, 9.17) is 0 Å². The lowest BCUT2D eigenvalue weighted by atomic mass is 10.1. The molecule has 9 heteroatoms. The monoisotopic (exact) mass is 459 g/mol. The summed E-state index contributed by atoms with van der Waals surface area (Å²) < 4.78 is 14.8. The van der Waals surface area contributed by atoms with Gasteiger partial charge in [0.25, 0.3) is 5.91 Å². The van der Waals surface area contributed by atoms with Crippen LogP contribution in [0, 0.1) is 6.92 Å². The van der Waals surface area contributed by atoms with Gasteiger partial charge in [-0.1, -0.05) is 18.2 Å². The predicted octanol–water partition coefficient (Wildman–Crippen LogP) is 5.26. The van der Waals surface area contributed by atoms with E-state index in [1.54, 1.807) is 30.5 Å². The van der Waals surface area contributed by atoms with Gasteiger partial charge in [0.1, 0.15) is 24.6 Å². The molecule has 0 radical (unpaired) electrons. The van der Waals surface area contributed by atoms with Crippen LogP contribution in [0.3, 0.4) is 0 Å². The van der Waals surface area contributed by atoms with Crippen LogP contribution in [-0.4, -0.2) is 31.5 Å². The molecule has 0 saturated heterocycles. The van der Waals surface area contributed by atoms with Crippen LogP contribution in [0.2, 0.25) is 0 Å². The summed E-state index contributed by atoms with van der Waals surface area (Å²) in [6, 6.07) is 14.2. The van der Waals surface area contributed by atoms with E-state index in [1.165, 1.54) is 6.33 Å². The molecule has 2 aromatic heterocycles. The van der Waals surface area contributed by atoms with Crippen molar-refractivity contribution in [3.8, 4) is 5.82 Å². The van der Waals surface area contributed by atoms with E-state index in [0.717, 1.165) is 17.1 Å². The molecule has 34 heavy (non-hydrogen) atoms. The second-order valence-corrected chi connectivity index (χ2v) is 8.12. The van der Waals surface area contributed by atoms with E-state index in [-0.39, 0.29) is 11.9 Å². The third-order valence-corrected chi connectivity index (χ3v) is 5.06. The molecule has 2 heterocycles. The smallest absolute Gasteiger partial charge is 0.255 e. The molecule has 0 aliphatic heterocycles. The third-order valence-electron chi connectivity index (χ3n) is 5.06. The largest absolute Gasteiger partial charge is 0.368 e. The van der Waals surface area contributed by atoms with Gasteiger partial charge in [-0.15, -0.1) is 0 Å². The number of carbonyl (C=O) groups is 1. The number of aryl methyl sites for hydroxylation is 1. The van der Waals surface area contributed by atoms with Crippen LogP contribution >= 0.6 is 0 Å². The lowest BCUT2D eigenvalue weighted by Gasteiger charge is -2.14. The van der Waals surface area contributed by atoms with Crippen LogP contribution in [0.1, 0.15) is 35.3 Å². The zero-order chi connectivity index (χ0) is 24.1. The number of hydrogen-bond donors (Lipinski definition) is 3. The number of benzene rings is 2. The molecule has 1 amide bonds. The molecule has 0 saturated carbocycles. The Bertz CT molecular complexity index is 1300. The Morgan fingerprint density at radius 2 is 1.94 bits per heavy atom. The van der Waals surface area contributed by atoms with Gasteiger partial charge in [0.15, 0.2) is 0 Å². The zero-order valence-corrected chi connectivity index (χ0v) is 19.2. The number of hydrogen-bond acceptors (Lipinski definition) is 6. The maximum Gasteiger partial charge on any atom is 0.255 e. The highest BCUT2D eigenvalue weighted by molar-refractivity contribution is 6.04. The second kappa shape index (κ2) is 10.1. The van der Waals surface area contributed by atoms with Crippen molar-refractivity contribution >= 4 is 29.0 Å². The molecule has 0 aliphatic carbocycles. The Hall–Kier alpha value is -4.27. The fourth-order valence-corrected chi connectivity index (χ4v) is 3.39. The second-order valence-electron chi connectivity index (χ2n) is 8.12. The molecule has 0 bridgehead atoms. The number of amides is 1. The van der Waals surface area contributed by atoms with Gasteiger partial charge in [-0.3, -0.25) is 9.36 Å². The van der Waals surface area contributed by atoms with Crippen molar-refractivity contribution in [3.63, 3.8) is 0 Å². The molecular weight excluding hydrogens is 433 g/mol. The fourth-order valence-electron chi connectivity index (χ4n) is 3.39. The van der Waals surface area contributed by atoms with E-state index < -0.39 is 6.67 Å². The minimum Gasteiger partial charge on any atom is -0.368 e. The van der Waals surface area contributed by atoms with E-state index in [2.05, 4.69) is 30.9 Å². The number of rotatable bonds is 8. The van der Waals surface area contributed by atoms with Gasteiger partial charge < -0.3 is 16.0 Å². The highest BCUT2D eigenvalue weighted by atomic mass is 19.1. The molecule has 174 valence electrons. The van der Waals surface area contributed by atoms with Crippen LogP contribution < -0.4 is 16.0 Å². The number of alkyl halides is 1. The first kappa shape index (κ1) is 22.9. The molecule has 0 unspecified atom stereocenters. The molecular formula is C25H26FN7O. The number of halogens is 1. The van der Waals surface area contributed by atoms with E-state index in [9.17, 15) is 9.18 Å². The van der Waals surface area contributed by atoms with Crippen molar-refractivity contribution in [1.29, 1.82) is 0 Å². The molecule has 4 rings (SSSR count). The topological polar surface area (TPSA) is 96.8 Å². The summed E-state index contributed by atoms with van der Waals surface area (Å²) >= 11 is 0. The third kappa shape index (κ3) is 5.37. The quantitative estimate of drug-likeness (QED) is 0.333. The molecule has 3 N–H and O–H groups in total. The summed E-state index contributed by atoms with van der Waals surface area (Å²) in [6.07, 6.45) is 4.99. The fraction of sp³-hybridized carbons (Fsp3) is 0.200. The minimum absolute atomic E-state index is 0.239. The van der Waals surface area contributed by atoms with Crippen LogP contribution in [0.5, 0.6) is 0 Å². The van der Waals surface area contributed by atoms with Crippen molar-refractivity contribution in [2.75, 3.05) is 16.0 Å². The molecule has 0 aliphatic rings. The highest BCUT2D eigenvalue weighted by Crippen LogP contribution is 2.25. The Morgan fingerprint density at radius 3 is 2.74 bits per heavy atom. The van der Waals surface area contributed by atoms with Gasteiger partial charge in [-0.2, -0.15) is 0 Å². The number of nitrogens with zero attached hydrogens (tertiary/aromatic N) is 4. The summed E-state index contributed by atoms with van der Waals surface area (Å²) in [5, 5.41) is 9.46. The first-order valence-corrected chi connectivity index (χ1v) is 10.9. The Morgan fingerprint density at radius 1 is 1.09 bits per heavy atom. The average molecular weight is 460 g/mol. The normalized spacial score (nSPS) is 10.9. The lowest BCUT2D eigenvalue weighted by Crippen LogP contribution is -2.13. The van der Waals surface area contributed by atoms with Gasteiger partial charge in [0.2, 0.25) is 5.95 Å².